The molecular formula is C12H16N2O3S. The summed E-state index contributed by atoms with van der Waals surface area (Å²) in [6.07, 6.45) is 0. The number of aromatic amines is 1. The molecule has 0 bridgehead atoms. The van der Waals surface area contributed by atoms with Gasteiger partial charge in [0.2, 0.25) is 0 Å². The minimum Gasteiger partial charge on any atom is -0.377 e. The van der Waals surface area contributed by atoms with Gasteiger partial charge in [-0.2, -0.15) is 0 Å². The molecule has 0 spiro atoms. The zero-order chi connectivity index (χ0) is 13.5. The summed E-state index contributed by atoms with van der Waals surface area (Å²) in [4.78, 5) is 27.6. The second kappa shape index (κ2) is 4.37. The summed E-state index contributed by atoms with van der Waals surface area (Å²) in [6.45, 7) is 5.76. The minimum absolute atomic E-state index is 0.225. The van der Waals surface area contributed by atoms with Crippen molar-refractivity contribution in [3.63, 3.8) is 0 Å². The molecule has 6 heteroatoms. The van der Waals surface area contributed by atoms with Gasteiger partial charge in [0.15, 0.2) is 0 Å². The Morgan fingerprint density at radius 3 is 2.72 bits per heavy atom. The Morgan fingerprint density at radius 1 is 1.44 bits per heavy atom. The lowest BCUT2D eigenvalue weighted by atomic mass is 10.1. The van der Waals surface area contributed by atoms with Crippen molar-refractivity contribution < 1.29 is 4.74 Å². The predicted octanol–water partition coefficient (Wildman–Crippen LogP) is 1.48. The lowest BCUT2D eigenvalue weighted by molar-refractivity contribution is 0.00652. The molecule has 0 atom stereocenters. The topological polar surface area (TPSA) is 64.1 Å². The molecule has 0 aliphatic carbocycles. The van der Waals surface area contributed by atoms with Gasteiger partial charge in [-0.05, 0) is 31.7 Å². The van der Waals surface area contributed by atoms with Crippen molar-refractivity contribution in [2.75, 3.05) is 7.11 Å². The van der Waals surface area contributed by atoms with Gasteiger partial charge in [0, 0.05) is 7.11 Å². The first-order chi connectivity index (χ1) is 8.35. The number of ether oxygens (including phenoxy) is 1. The maximum atomic E-state index is 12.3. The van der Waals surface area contributed by atoms with Crippen LogP contribution in [-0.2, 0) is 11.3 Å². The molecule has 0 aliphatic rings. The number of nitrogens with one attached hydrogen (secondary N) is 1. The van der Waals surface area contributed by atoms with E-state index < -0.39 is 5.60 Å². The van der Waals surface area contributed by atoms with Crippen LogP contribution >= 0.6 is 11.3 Å². The lowest BCUT2D eigenvalue weighted by Gasteiger charge is -2.23. The van der Waals surface area contributed by atoms with Crippen LogP contribution in [0.5, 0.6) is 0 Å². The summed E-state index contributed by atoms with van der Waals surface area (Å²) in [5.74, 6) is 0. The fourth-order valence-electron chi connectivity index (χ4n) is 1.78. The Hall–Kier alpha value is -1.40. The molecule has 2 aromatic rings. The van der Waals surface area contributed by atoms with Crippen LogP contribution in [0.3, 0.4) is 0 Å². The fraction of sp³-hybridized carbons (Fsp3) is 0.500. The molecule has 2 heterocycles. The Bertz CT molecular complexity index is 693. The number of aryl methyl sites for hydroxylation is 1. The molecule has 5 nitrogen and oxygen atoms in total. The van der Waals surface area contributed by atoms with Crippen molar-refractivity contribution in [2.45, 2.75) is 32.9 Å². The van der Waals surface area contributed by atoms with Crippen molar-refractivity contribution in [3.05, 3.63) is 31.8 Å². The molecule has 2 rings (SSSR count). The monoisotopic (exact) mass is 268 g/mol. The summed E-state index contributed by atoms with van der Waals surface area (Å²) in [7, 11) is 1.56. The first-order valence-corrected chi connectivity index (χ1v) is 6.50. The van der Waals surface area contributed by atoms with E-state index >= 15 is 0 Å². The fourth-order valence-corrected chi connectivity index (χ4v) is 2.71. The molecule has 0 radical (unpaired) electrons. The summed E-state index contributed by atoms with van der Waals surface area (Å²) < 4.78 is 6.47. The van der Waals surface area contributed by atoms with Crippen LogP contribution in [0.4, 0.5) is 0 Å². The molecule has 2 aromatic heterocycles. The summed E-state index contributed by atoms with van der Waals surface area (Å²) >= 11 is 1.37. The van der Waals surface area contributed by atoms with Crippen LogP contribution in [0.2, 0.25) is 0 Å². The Kier molecular flexibility index (Phi) is 3.16. The molecular weight excluding hydrogens is 252 g/mol. The average molecular weight is 268 g/mol. The number of hydrogen-bond donors (Lipinski definition) is 1. The van der Waals surface area contributed by atoms with Gasteiger partial charge in [0.25, 0.3) is 5.56 Å². The number of rotatable bonds is 3. The molecule has 0 saturated carbocycles. The van der Waals surface area contributed by atoms with Gasteiger partial charge in [0.05, 0.1) is 17.5 Å². The summed E-state index contributed by atoms with van der Waals surface area (Å²) in [5.41, 5.74) is -0.314. The van der Waals surface area contributed by atoms with Crippen LogP contribution in [0.1, 0.15) is 19.4 Å². The van der Waals surface area contributed by atoms with E-state index in [-0.39, 0.29) is 17.8 Å². The van der Waals surface area contributed by atoms with Crippen molar-refractivity contribution in [3.8, 4) is 0 Å². The van der Waals surface area contributed by atoms with E-state index in [1.807, 2.05) is 26.2 Å². The maximum Gasteiger partial charge on any atom is 0.329 e. The van der Waals surface area contributed by atoms with E-state index in [0.717, 1.165) is 5.56 Å². The second-order valence-corrected chi connectivity index (χ2v) is 5.79. The maximum absolute atomic E-state index is 12.3. The highest BCUT2D eigenvalue weighted by molar-refractivity contribution is 7.16. The van der Waals surface area contributed by atoms with Gasteiger partial charge in [0.1, 0.15) is 4.83 Å². The largest absolute Gasteiger partial charge is 0.377 e. The van der Waals surface area contributed by atoms with Crippen LogP contribution < -0.4 is 11.2 Å². The number of nitrogens with zero attached hydrogens (tertiary/aromatic N) is 1. The van der Waals surface area contributed by atoms with E-state index in [4.69, 9.17) is 4.74 Å². The van der Waals surface area contributed by atoms with Crippen molar-refractivity contribution in [1.29, 1.82) is 0 Å². The summed E-state index contributed by atoms with van der Waals surface area (Å²) in [5, 5.41) is 2.46. The van der Waals surface area contributed by atoms with Crippen molar-refractivity contribution in [1.82, 2.24) is 9.55 Å². The number of H-pyrrole nitrogens is 1. The van der Waals surface area contributed by atoms with Crippen LogP contribution in [-0.4, -0.2) is 22.3 Å². The van der Waals surface area contributed by atoms with Gasteiger partial charge < -0.3 is 4.74 Å². The zero-order valence-corrected chi connectivity index (χ0v) is 11.7. The molecule has 0 fully saturated rings. The highest BCUT2D eigenvalue weighted by Crippen LogP contribution is 2.19. The Balaban J connectivity index is 2.68. The quantitative estimate of drug-likeness (QED) is 0.917. The molecule has 0 aromatic carbocycles. The van der Waals surface area contributed by atoms with Crippen molar-refractivity contribution in [2.24, 2.45) is 0 Å². The first kappa shape index (κ1) is 13.0. The molecule has 1 N–H and O–H groups in total. The zero-order valence-electron chi connectivity index (χ0n) is 10.9. The second-order valence-electron chi connectivity index (χ2n) is 4.91. The highest BCUT2D eigenvalue weighted by atomic mass is 32.1. The van der Waals surface area contributed by atoms with Gasteiger partial charge in [-0.25, -0.2) is 4.79 Å². The normalized spacial score (nSPS) is 12.2. The van der Waals surface area contributed by atoms with E-state index in [1.54, 1.807) is 7.11 Å². The van der Waals surface area contributed by atoms with Crippen LogP contribution in [0.25, 0.3) is 10.2 Å². The smallest absolute Gasteiger partial charge is 0.329 e. The first-order valence-electron chi connectivity index (χ1n) is 5.62. The highest BCUT2D eigenvalue weighted by Gasteiger charge is 2.21. The van der Waals surface area contributed by atoms with E-state index in [2.05, 4.69) is 4.98 Å². The third kappa shape index (κ3) is 2.13. The SMILES string of the molecule is COC(C)(C)Cn1c(=O)[nH]c2scc(C)c2c1=O. The van der Waals surface area contributed by atoms with Gasteiger partial charge >= 0.3 is 5.69 Å². The number of thiophene rings is 1. The molecule has 0 unspecified atom stereocenters. The summed E-state index contributed by atoms with van der Waals surface area (Å²) in [6, 6.07) is 0. The van der Waals surface area contributed by atoms with Gasteiger partial charge in [-0.15, -0.1) is 11.3 Å². The third-order valence-corrected chi connectivity index (χ3v) is 4.00. The number of aromatic nitrogens is 2. The van der Waals surface area contributed by atoms with Crippen LogP contribution in [0, 0.1) is 6.92 Å². The number of hydrogen-bond acceptors (Lipinski definition) is 4. The van der Waals surface area contributed by atoms with E-state index in [1.165, 1.54) is 15.9 Å². The van der Waals surface area contributed by atoms with Gasteiger partial charge in [-0.3, -0.25) is 14.3 Å². The average Bonchev–Trinajstić information content (AvgIpc) is 2.66. The molecule has 0 amide bonds. The number of methoxy groups -OCH3 is 1. The molecule has 98 valence electrons. The van der Waals surface area contributed by atoms with E-state index in [0.29, 0.717) is 10.2 Å². The van der Waals surface area contributed by atoms with Gasteiger partial charge in [-0.1, -0.05) is 0 Å². The third-order valence-electron chi connectivity index (χ3n) is 2.99. The standard InChI is InChI=1S/C12H16N2O3S/c1-7-5-18-9-8(7)10(15)14(11(16)13-9)6-12(2,3)17-4/h5H,6H2,1-4H3,(H,13,16). The minimum atomic E-state index is -0.561. The molecule has 0 aliphatic heterocycles. The molecule has 18 heavy (non-hydrogen) atoms. The van der Waals surface area contributed by atoms with Crippen LogP contribution in [0.15, 0.2) is 15.0 Å². The van der Waals surface area contributed by atoms with E-state index in [9.17, 15) is 9.59 Å². The Labute approximate surface area is 108 Å². The molecule has 0 saturated heterocycles. The lowest BCUT2D eigenvalue weighted by Crippen LogP contribution is -2.42. The predicted molar refractivity (Wildman–Crippen MR) is 72.5 cm³/mol. The van der Waals surface area contributed by atoms with Crippen molar-refractivity contribution >= 4 is 21.6 Å². The Morgan fingerprint density at radius 2 is 2.11 bits per heavy atom. The number of fused-ring (bicyclic) bond motifs is 1.